The van der Waals surface area contributed by atoms with Crippen molar-refractivity contribution >= 4 is 97.0 Å². The Morgan fingerprint density at radius 2 is 0.925 bits per heavy atom. The number of amides is 2. The zero-order valence-corrected chi connectivity index (χ0v) is 39.0. The number of hydrogen-bond donors (Lipinski definition) is 6. The summed E-state index contributed by atoms with van der Waals surface area (Å²) in [6, 6.07) is 23.6. The van der Waals surface area contributed by atoms with E-state index in [0.717, 1.165) is 62.1 Å². The van der Waals surface area contributed by atoms with Crippen LogP contribution in [0.2, 0.25) is 0 Å². The molecule has 6 aromatic rings. The largest absolute Gasteiger partial charge is 0.506 e. The molecule has 0 bridgehead atoms. The standard InChI is InChI=1S/2C23H24N4O6.Na/c2*1-2-3-10-26(11-12-28)23(31)18-13-15-6-4-5-7-17(15)21(22(18)30)25-24-19-14-16(27(32)33)8-9-20(19)29;/h2*4-9,13-14,28-30H,2-3,10-12H2,1H3;. The summed E-state index contributed by atoms with van der Waals surface area (Å²) in [6.45, 7) is 4.59. The monoisotopic (exact) mass is 927 g/mol. The number of phenolic OH excluding ortho intramolecular Hbond substituents is 4. The van der Waals surface area contributed by atoms with Gasteiger partial charge in [0, 0.05) is 90.8 Å². The van der Waals surface area contributed by atoms with Crippen LogP contribution in [-0.4, -0.2) is 131 Å². The number of nitrogens with zero attached hydrogens (tertiary/aromatic N) is 8. The van der Waals surface area contributed by atoms with E-state index in [4.69, 9.17) is 0 Å². The normalized spacial score (nSPS) is 11.0. The number of phenols is 4. The van der Waals surface area contributed by atoms with Gasteiger partial charge < -0.3 is 40.4 Å². The Hall–Kier alpha value is -7.10. The average Bonchev–Trinajstić information content (AvgIpc) is 3.31. The molecule has 1 radical (unpaired) electrons. The molecular formula is C46H48N8NaO12. The topological polar surface area (TPSA) is 298 Å². The quantitative estimate of drug-likeness (QED) is 0.0203. The van der Waals surface area contributed by atoms with Gasteiger partial charge >= 0.3 is 0 Å². The predicted molar refractivity (Wildman–Crippen MR) is 251 cm³/mol. The van der Waals surface area contributed by atoms with Gasteiger partial charge in [-0.3, -0.25) is 29.8 Å². The van der Waals surface area contributed by atoms with E-state index in [9.17, 15) is 60.5 Å². The number of nitro groups is 2. The molecule has 0 aromatic heterocycles. The molecule has 20 nitrogen and oxygen atoms in total. The van der Waals surface area contributed by atoms with Crippen LogP contribution in [0.3, 0.4) is 0 Å². The molecule has 0 aliphatic heterocycles. The van der Waals surface area contributed by atoms with Crippen LogP contribution in [0, 0.1) is 20.2 Å². The molecular weight excluding hydrogens is 880 g/mol. The summed E-state index contributed by atoms with van der Waals surface area (Å²) in [5.41, 5.74) is -0.913. The number of non-ortho nitro benzene ring substituents is 2. The van der Waals surface area contributed by atoms with Crippen LogP contribution in [0.4, 0.5) is 34.1 Å². The minimum atomic E-state index is -0.628. The third-order valence-electron chi connectivity index (χ3n) is 10.2. The molecule has 6 rings (SSSR count). The Balaban J connectivity index is 0.000000288. The van der Waals surface area contributed by atoms with Gasteiger partial charge in [0.1, 0.15) is 34.2 Å². The molecule has 67 heavy (non-hydrogen) atoms. The molecule has 0 saturated carbocycles. The number of carbonyl (C=O) groups is 2. The maximum Gasteiger partial charge on any atom is 0.271 e. The molecule has 0 fully saturated rings. The Labute approximate surface area is 405 Å². The number of hydrogen-bond acceptors (Lipinski definition) is 16. The van der Waals surface area contributed by atoms with Gasteiger partial charge in [0.2, 0.25) is 0 Å². The number of aliphatic hydroxyl groups is 2. The summed E-state index contributed by atoms with van der Waals surface area (Å²) in [5.74, 6) is -2.40. The van der Waals surface area contributed by atoms with Crippen LogP contribution in [0.15, 0.2) is 118 Å². The van der Waals surface area contributed by atoms with Gasteiger partial charge in [0.15, 0.2) is 11.5 Å². The smallest absolute Gasteiger partial charge is 0.271 e. The van der Waals surface area contributed by atoms with Crippen LogP contribution < -0.4 is 0 Å². The molecule has 0 spiro atoms. The van der Waals surface area contributed by atoms with Gasteiger partial charge in [-0.2, -0.15) is 0 Å². The third-order valence-corrected chi connectivity index (χ3v) is 10.2. The molecule has 2 amide bonds. The Morgan fingerprint density at radius 1 is 0.552 bits per heavy atom. The van der Waals surface area contributed by atoms with E-state index >= 15 is 0 Å². The molecule has 21 heteroatoms. The number of unbranched alkanes of at least 4 members (excludes halogenated alkanes) is 2. The van der Waals surface area contributed by atoms with E-state index in [2.05, 4.69) is 20.5 Å². The fourth-order valence-corrected chi connectivity index (χ4v) is 6.69. The minimum Gasteiger partial charge on any atom is -0.506 e. The Kier molecular flexibility index (Phi) is 19.6. The van der Waals surface area contributed by atoms with Gasteiger partial charge in [-0.15, -0.1) is 20.5 Å². The third kappa shape index (κ3) is 13.0. The maximum absolute atomic E-state index is 13.2. The van der Waals surface area contributed by atoms with Crippen LogP contribution in [0.1, 0.15) is 60.2 Å². The number of benzene rings is 6. The van der Waals surface area contributed by atoms with Crippen molar-refractivity contribution in [2.24, 2.45) is 20.5 Å². The second-order valence-electron chi connectivity index (χ2n) is 14.7. The first-order chi connectivity index (χ1) is 31.7. The second kappa shape index (κ2) is 25.0. The molecule has 0 aliphatic carbocycles. The second-order valence-corrected chi connectivity index (χ2v) is 14.7. The fraction of sp³-hybridized carbons (Fsp3) is 0.261. The molecule has 6 N–H and O–H groups in total. The molecule has 0 aliphatic rings. The summed E-state index contributed by atoms with van der Waals surface area (Å²) in [7, 11) is 0. The van der Waals surface area contributed by atoms with E-state index in [0.29, 0.717) is 34.6 Å². The average molecular weight is 928 g/mol. The van der Waals surface area contributed by atoms with Crippen molar-refractivity contribution < 1.29 is 50.1 Å². The summed E-state index contributed by atoms with van der Waals surface area (Å²) in [6.07, 6.45) is 3.17. The summed E-state index contributed by atoms with van der Waals surface area (Å²) in [4.78, 5) is 50.1. The first-order valence-corrected chi connectivity index (χ1v) is 20.8. The van der Waals surface area contributed by atoms with Gasteiger partial charge in [0.25, 0.3) is 23.2 Å². The van der Waals surface area contributed by atoms with Gasteiger partial charge in [-0.1, -0.05) is 75.2 Å². The number of carbonyl (C=O) groups excluding carboxylic acids is 2. The molecule has 0 atom stereocenters. The minimum absolute atomic E-state index is 0. The first kappa shape index (κ1) is 52.5. The number of rotatable bonds is 18. The van der Waals surface area contributed by atoms with Gasteiger partial charge in [-0.05, 0) is 47.9 Å². The van der Waals surface area contributed by atoms with Gasteiger partial charge in [-0.25, -0.2) is 0 Å². The van der Waals surface area contributed by atoms with E-state index in [1.54, 1.807) is 60.7 Å². The van der Waals surface area contributed by atoms with Crippen LogP contribution in [0.5, 0.6) is 23.0 Å². The van der Waals surface area contributed by atoms with Crippen molar-refractivity contribution in [1.29, 1.82) is 0 Å². The molecule has 0 saturated heterocycles. The van der Waals surface area contributed by atoms with Crippen molar-refractivity contribution in [2.45, 2.75) is 39.5 Å². The molecule has 0 heterocycles. The van der Waals surface area contributed by atoms with Crippen molar-refractivity contribution in [1.82, 2.24) is 9.80 Å². The summed E-state index contributed by atoms with van der Waals surface area (Å²) < 4.78 is 0. The number of nitro benzene ring substituents is 2. The molecule has 345 valence electrons. The van der Waals surface area contributed by atoms with Crippen LogP contribution in [0.25, 0.3) is 21.5 Å². The number of fused-ring (bicyclic) bond motifs is 2. The van der Waals surface area contributed by atoms with E-state index in [1.165, 1.54) is 9.80 Å². The van der Waals surface area contributed by atoms with E-state index in [1.807, 2.05) is 13.8 Å². The first-order valence-electron chi connectivity index (χ1n) is 20.8. The van der Waals surface area contributed by atoms with Crippen LogP contribution in [-0.2, 0) is 0 Å². The SMILES string of the molecule is CCCCN(CCO)C(=O)c1cc2ccccc2c(N=Nc2cc([N+](=O)[O-])ccc2O)c1O.CCCCN(CCO)C(=O)c1cc2ccccc2c(N=Nc2cc([N+](=O)[O-])ccc2O)c1O.[Na]. The zero-order chi connectivity index (χ0) is 47.9. The van der Waals surface area contributed by atoms with Gasteiger partial charge in [0.05, 0.1) is 34.2 Å². The van der Waals surface area contributed by atoms with Crippen molar-refractivity contribution in [2.75, 3.05) is 39.4 Å². The van der Waals surface area contributed by atoms with E-state index in [-0.39, 0.29) is 113 Å². The maximum atomic E-state index is 13.2. The fourth-order valence-electron chi connectivity index (χ4n) is 6.69. The van der Waals surface area contributed by atoms with Crippen molar-refractivity contribution in [3.63, 3.8) is 0 Å². The number of azo groups is 2. The zero-order valence-electron chi connectivity index (χ0n) is 37.0. The number of aliphatic hydroxyl groups excluding tert-OH is 2. The number of aromatic hydroxyl groups is 4. The summed E-state index contributed by atoms with van der Waals surface area (Å²) >= 11 is 0. The van der Waals surface area contributed by atoms with E-state index < -0.39 is 33.2 Å². The van der Waals surface area contributed by atoms with Crippen LogP contribution >= 0.6 is 0 Å². The summed E-state index contributed by atoms with van der Waals surface area (Å²) in [5, 5.41) is 101. The predicted octanol–water partition coefficient (Wildman–Crippen LogP) is 9.24. The van der Waals surface area contributed by atoms with Crippen molar-refractivity contribution in [3.05, 3.63) is 128 Å². The molecule has 0 unspecified atom stereocenters. The Morgan fingerprint density at radius 3 is 1.27 bits per heavy atom. The molecule has 6 aromatic carbocycles. The van der Waals surface area contributed by atoms with Crippen molar-refractivity contribution in [3.8, 4) is 23.0 Å². The Bertz CT molecular complexity index is 2620.